The first-order valence-corrected chi connectivity index (χ1v) is 4.24. The Balaban J connectivity index is 0.00000121. The van der Waals surface area contributed by atoms with Crippen molar-refractivity contribution in [3.8, 4) is 0 Å². The topological polar surface area (TPSA) is 50.2 Å². The van der Waals surface area contributed by atoms with Gasteiger partial charge < -0.3 is 5.11 Å². The average Bonchev–Trinajstić information content (AvgIpc) is 1.85. The molecule has 0 aliphatic heterocycles. The van der Waals surface area contributed by atoms with Gasteiger partial charge in [-0.1, -0.05) is 0 Å². The molecule has 1 N–H and O–H groups in total. The maximum absolute atomic E-state index is 10.4. The Bertz CT molecular complexity index is 285. The highest BCUT2D eigenvalue weighted by molar-refractivity contribution is 9.11. The summed E-state index contributed by atoms with van der Waals surface area (Å²) in [6.45, 7) is 0. The van der Waals surface area contributed by atoms with Gasteiger partial charge in [0.25, 0.3) is 0 Å². The van der Waals surface area contributed by atoms with Crippen molar-refractivity contribution in [1.29, 1.82) is 0 Å². The summed E-state index contributed by atoms with van der Waals surface area (Å²) in [5.41, 5.74) is 0.207. The van der Waals surface area contributed by atoms with Crippen LogP contribution in [0.25, 0.3) is 0 Å². The lowest BCUT2D eigenvalue weighted by molar-refractivity contribution is 0.0696. The number of pyridine rings is 1. The first kappa shape index (κ1) is 11.9. The maximum Gasteiger partial charge on any atom is 0.335 e. The summed E-state index contributed by atoms with van der Waals surface area (Å²) >= 11 is 6.15. The van der Waals surface area contributed by atoms with Gasteiger partial charge in [-0.3, -0.25) is 0 Å². The Morgan fingerprint density at radius 2 is 1.75 bits per heavy atom. The molecule has 0 aromatic carbocycles. The SMILES string of the molecule is Cl.O=C(O)c1cc(Br)nc(Br)c1. The average molecular weight is 317 g/mol. The first-order valence-electron chi connectivity index (χ1n) is 2.66. The lowest BCUT2D eigenvalue weighted by Gasteiger charge is -1.95. The molecule has 0 aliphatic rings. The zero-order valence-corrected chi connectivity index (χ0v) is 9.61. The van der Waals surface area contributed by atoms with Gasteiger partial charge in [0.15, 0.2) is 0 Å². The second-order valence-electron chi connectivity index (χ2n) is 1.81. The Morgan fingerprint density at radius 1 is 1.33 bits per heavy atom. The predicted octanol–water partition coefficient (Wildman–Crippen LogP) is 2.73. The van der Waals surface area contributed by atoms with Crippen LogP contribution in [0.3, 0.4) is 0 Å². The Hall–Kier alpha value is -0.130. The van der Waals surface area contributed by atoms with Crippen LogP contribution in [-0.4, -0.2) is 16.1 Å². The molecule has 1 aromatic heterocycles. The molecule has 0 amide bonds. The molecule has 1 aromatic rings. The van der Waals surface area contributed by atoms with Gasteiger partial charge in [0.1, 0.15) is 9.21 Å². The number of carbonyl (C=O) groups is 1. The number of aromatic carboxylic acids is 1. The summed E-state index contributed by atoms with van der Waals surface area (Å²) in [7, 11) is 0. The van der Waals surface area contributed by atoms with Crippen molar-refractivity contribution in [1.82, 2.24) is 4.98 Å². The molecule has 0 spiro atoms. The van der Waals surface area contributed by atoms with Crippen molar-refractivity contribution in [2.45, 2.75) is 0 Å². The minimum absolute atomic E-state index is 0. The maximum atomic E-state index is 10.4. The van der Waals surface area contributed by atoms with Gasteiger partial charge in [0.2, 0.25) is 0 Å². The molecule has 1 heterocycles. The lowest BCUT2D eigenvalue weighted by Crippen LogP contribution is -1.96. The largest absolute Gasteiger partial charge is 0.478 e. The van der Waals surface area contributed by atoms with Crippen molar-refractivity contribution in [3.05, 3.63) is 26.9 Å². The zero-order chi connectivity index (χ0) is 8.43. The summed E-state index contributed by atoms with van der Waals surface area (Å²) in [4.78, 5) is 14.3. The number of rotatable bonds is 1. The fraction of sp³-hybridized carbons (Fsp3) is 0. The van der Waals surface area contributed by atoms with Gasteiger partial charge in [-0.05, 0) is 44.0 Å². The van der Waals surface area contributed by atoms with Gasteiger partial charge in [-0.15, -0.1) is 12.4 Å². The summed E-state index contributed by atoms with van der Waals surface area (Å²) in [6.07, 6.45) is 0. The number of carboxylic acids is 1. The van der Waals surface area contributed by atoms with E-state index in [1.165, 1.54) is 12.1 Å². The highest BCUT2D eigenvalue weighted by atomic mass is 79.9. The van der Waals surface area contributed by atoms with E-state index in [0.29, 0.717) is 9.21 Å². The monoisotopic (exact) mass is 315 g/mol. The van der Waals surface area contributed by atoms with Gasteiger partial charge in [-0.25, -0.2) is 9.78 Å². The smallest absolute Gasteiger partial charge is 0.335 e. The molecular formula is C6H4Br2ClNO2. The molecule has 12 heavy (non-hydrogen) atoms. The van der Waals surface area contributed by atoms with Gasteiger partial charge in [-0.2, -0.15) is 0 Å². The molecule has 0 saturated carbocycles. The number of halogens is 3. The van der Waals surface area contributed by atoms with E-state index in [1.807, 2.05) is 0 Å². The highest BCUT2D eigenvalue weighted by Crippen LogP contribution is 2.15. The molecule has 0 aliphatic carbocycles. The van der Waals surface area contributed by atoms with Gasteiger partial charge >= 0.3 is 5.97 Å². The summed E-state index contributed by atoms with van der Waals surface area (Å²) < 4.78 is 1.01. The molecule has 0 saturated heterocycles. The van der Waals surface area contributed by atoms with E-state index in [1.54, 1.807) is 0 Å². The van der Waals surface area contributed by atoms with E-state index < -0.39 is 5.97 Å². The van der Waals surface area contributed by atoms with E-state index in [-0.39, 0.29) is 18.0 Å². The molecule has 1 rings (SSSR count). The molecule has 0 bridgehead atoms. The third-order valence-electron chi connectivity index (χ3n) is 1.01. The zero-order valence-electron chi connectivity index (χ0n) is 5.62. The number of hydrogen-bond donors (Lipinski definition) is 1. The van der Waals surface area contributed by atoms with Crippen LogP contribution in [0.4, 0.5) is 0 Å². The fourth-order valence-electron chi connectivity index (χ4n) is 0.588. The van der Waals surface area contributed by atoms with Crippen LogP contribution in [0, 0.1) is 0 Å². The summed E-state index contributed by atoms with van der Waals surface area (Å²) in [6, 6.07) is 2.88. The molecule has 3 nitrogen and oxygen atoms in total. The minimum Gasteiger partial charge on any atom is -0.478 e. The lowest BCUT2D eigenvalue weighted by atomic mass is 10.3. The third kappa shape index (κ3) is 3.08. The minimum atomic E-state index is -0.964. The van der Waals surface area contributed by atoms with Crippen molar-refractivity contribution in [2.75, 3.05) is 0 Å². The predicted molar refractivity (Wildman–Crippen MR) is 53.8 cm³/mol. The molecule has 6 heteroatoms. The van der Waals surface area contributed by atoms with Crippen molar-refractivity contribution in [3.63, 3.8) is 0 Å². The number of aromatic nitrogens is 1. The second-order valence-corrected chi connectivity index (χ2v) is 3.43. The molecule has 0 unspecified atom stereocenters. The first-order chi connectivity index (χ1) is 5.09. The van der Waals surface area contributed by atoms with Crippen molar-refractivity contribution >= 4 is 50.2 Å². The highest BCUT2D eigenvalue weighted by Gasteiger charge is 2.04. The van der Waals surface area contributed by atoms with Crippen LogP contribution in [-0.2, 0) is 0 Å². The van der Waals surface area contributed by atoms with Crippen LogP contribution < -0.4 is 0 Å². The van der Waals surface area contributed by atoms with E-state index in [2.05, 4.69) is 36.8 Å². The summed E-state index contributed by atoms with van der Waals surface area (Å²) in [5, 5.41) is 8.56. The van der Waals surface area contributed by atoms with Crippen LogP contribution in [0.1, 0.15) is 10.4 Å². The van der Waals surface area contributed by atoms with Gasteiger partial charge in [0.05, 0.1) is 5.56 Å². The normalized spacial score (nSPS) is 8.83. The number of hydrogen-bond acceptors (Lipinski definition) is 2. The quantitative estimate of drug-likeness (QED) is 0.810. The van der Waals surface area contributed by atoms with E-state index in [4.69, 9.17) is 5.11 Å². The molecular weight excluding hydrogens is 313 g/mol. The van der Waals surface area contributed by atoms with Crippen molar-refractivity contribution < 1.29 is 9.90 Å². The standard InChI is InChI=1S/C6H3Br2NO2.ClH/c7-4-1-3(6(10)11)2-5(8)9-4;/h1-2H,(H,10,11);1H. The molecule has 66 valence electrons. The van der Waals surface area contributed by atoms with Crippen LogP contribution in [0.15, 0.2) is 21.3 Å². The number of nitrogens with zero attached hydrogens (tertiary/aromatic N) is 1. The molecule has 0 radical (unpaired) electrons. The van der Waals surface area contributed by atoms with Crippen molar-refractivity contribution in [2.24, 2.45) is 0 Å². The second kappa shape index (κ2) is 4.79. The third-order valence-corrected chi connectivity index (χ3v) is 1.82. The summed E-state index contributed by atoms with van der Waals surface area (Å²) in [5.74, 6) is -0.964. The van der Waals surface area contributed by atoms with E-state index in [9.17, 15) is 4.79 Å². The Kier molecular flexibility index (Phi) is 4.74. The Labute approximate surface area is 91.9 Å². The van der Waals surface area contributed by atoms with Crippen LogP contribution >= 0.6 is 44.3 Å². The Morgan fingerprint density at radius 3 is 2.08 bits per heavy atom. The van der Waals surface area contributed by atoms with E-state index >= 15 is 0 Å². The van der Waals surface area contributed by atoms with Crippen LogP contribution in [0.2, 0.25) is 0 Å². The molecule has 0 atom stereocenters. The van der Waals surface area contributed by atoms with Gasteiger partial charge in [0, 0.05) is 0 Å². The number of carboxylic acid groups (broad SMARTS) is 1. The van der Waals surface area contributed by atoms with Crippen LogP contribution in [0.5, 0.6) is 0 Å². The van der Waals surface area contributed by atoms with E-state index in [0.717, 1.165) is 0 Å². The fourth-order valence-corrected chi connectivity index (χ4v) is 1.70. The molecule has 0 fully saturated rings.